The maximum Gasteiger partial charge on any atom is 0.164 e. The van der Waals surface area contributed by atoms with E-state index in [2.05, 4.69) is 19.9 Å². The van der Waals surface area contributed by atoms with Gasteiger partial charge in [0.2, 0.25) is 0 Å². The Bertz CT molecular complexity index is 295. The average Bonchev–Trinajstić information content (AvgIpc) is 2.28. The van der Waals surface area contributed by atoms with Crippen LogP contribution in [0.2, 0.25) is 0 Å². The molecule has 15 heavy (non-hydrogen) atoms. The van der Waals surface area contributed by atoms with Crippen LogP contribution in [0.1, 0.15) is 32.8 Å². The normalized spacial score (nSPS) is 10.1. The molecule has 0 saturated carbocycles. The zero-order chi connectivity index (χ0) is 11.1. The third kappa shape index (κ3) is 3.15. The molecule has 0 saturated heterocycles. The third-order valence-electron chi connectivity index (χ3n) is 2.19. The van der Waals surface area contributed by atoms with E-state index in [1.807, 2.05) is 19.1 Å². The largest absolute Gasteiger partial charge is 0.490 e. The van der Waals surface area contributed by atoms with Crippen molar-refractivity contribution in [2.45, 2.75) is 33.6 Å². The smallest absolute Gasteiger partial charge is 0.164 e. The van der Waals surface area contributed by atoms with Crippen molar-refractivity contribution in [1.82, 2.24) is 0 Å². The highest BCUT2D eigenvalue weighted by molar-refractivity contribution is 5.46. The van der Waals surface area contributed by atoms with Crippen LogP contribution in [0.5, 0.6) is 11.5 Å². The molecule has 0 aromatic heterocycles. The van der Waals surface area contributed by atoms with E-state index in [9.17, 15) is 0 Å². The van der Waals surface area contributed by atoms with Gasteiger partial charge in [-0.15, -0.1) is 0 Å². The molecule has 0 amide bonds. The second kappa shape index (κ2) is 6.33. The first-order chi connectivity index (χ1) is 7.33. The van der Waals surface area contributed by atoms with Crippen LogP contribution >= 0.6 is 0 Å². The summed E-state index contributed by atoms with van der Waals surface area (Å²) in [6, 6.07) is 6.08. The summed E-state index contributed by atoms with van der Waals surface area (Å²) in [5.74, 6) is 1.79. The minimum Gasteiger partial charge on any atom is -0.490 e. The van der Waals surface area contributed by atoms with Crippen LogP contribution in [0.3, 0.4) is 0 Å². The number of para-hydroxylation sites is 1. The first-order valence-electron chi connectivity index (χ1n) is 5.70. The summed E-state index contributed by atoms with van der Waals surface area (Å²) in [5.41, 5.74) is 1.21. The summed E-state index contributed by atoms with van der Waals surface area (Å²) >= 11 is 0. The lowest BCUT2D eigenvalue weighted by atomic mass is 10.1. The van der Waals surface area contributed by atoms with Crippen molar-refractivity contribution >= 4 is 0 Å². The monoisotopic (exact) mass is 208 g/mol. The molecule has 0 fully saturated rings. The molecule has 0 radical (unpaired) electrons. The molecular weight excluding hydrogens is 188 g/mol. The number of rotatable bonds is 6. The van der Waals surface area contributed by atoms with Crippen LogP contribution in [0, 0.1) is 0 Å². The van der Waals surface area contributed by atoms with E-state index >= 15 is 0 Å². The molecule has 2 heteroatoms. The molecule has 1 aromatic carbocycles. The van der Waals surface area contributed by atoms with Crippen molar-refractivity contribution in [2.24, 2.45) is 0 Å². The summed E-state index contributed by atoms with van der Waals surface area (Å²) < 4.78 is 11.3. The maximum atomic E-state index is 5.66. The number of aryl methyl sites for hydroxylation is 1. The van der Waals surface area contributed by atoms with Crippen LogP contribution < -0.4 is 9.47 Å². The van der Waals surface area contributed by atoms with Crippen LogP contribution in [-0.4, -0.2) is 13.2 Å². The Morgan fingerprint density at radius 2 is 1.87 bits per heavy atom. The Morgan fingerprint density at radius 3 is 2.47 bits per heavy atom. The van der Waals surface area contributed by atoms with Crippen molar-refractivity contribution in [1.29, 1.82) is 0 Å². The van der Waals surface area contributed by atoms with Gasteiger partial charge in [-0.3, -0.25) is 0 Å². The van der Waals surface area contributed by atoms with E-state index in [1.54, 1.807) is 0 Å². The van der Waals surface area contributed by atoms with Crippen molar-refractivity contribution in [3.63, 3.8) is 0 Å². The van der Waals surface area contributed by atoms with E-state index in [0.29, 0.717) is 6.61 Å². The molecule has 0 aliphatic heterocycles. The fourth-order valence-corrected chi connectivity index (χ4v) is 1.47. The SMILES string of the molecule is CCCOc1cccc(CC)c1OCC. The minimum absolute atomic E-state index is 0.680. The summed E-state index contributed by atoms with van der Waals surface area (Å²) in [7, 11) is 0. The first kappa shape index (κ1) is 11.9. The highest BCUT2D eigenvalue weighted by Gasteiger charge is 2.08. The quantitative estimate of drug-likeness (QED) is 0.713. The predicted molar refractivity (Wildman–Crippen MR) is 62.8 cm³/mol. The summed E-state index contributed by atoms with van der Waals surface area (Å²) in [6.07, 6.45) is 1.99. The zero-order valence-electron chi connectivity index (χ0n) is 9.88. The van der Waals surface area contributed by atoms with Gasteiger partial charge in [0.25, 0.3) is 0 Å². The standard InChI is InChI=1S/C13H20O2/c1-4-10-15-12-9-7-8-11(5-2)13(12)14-6-3/h7-9H,4-6,10H2,1-3H3. The lowest BCUT2D eigenvalue weighted by molar-refractivity contribution is 0.275. The fraction of sp³-hybridized carbons (Fsp3) is 0.538. The average molecular weight is 208 g/mol. The van der Waals surface area contributed by atoms with Crippen LogP contribution in [-0.2, 0) is 6.42 Å². The third-order valence-corrected chi connectivity index (χ3v) is 2.19. The van der Waals surface area contributed by atoms with Crippen molar-refractivity contribution < 1.29 is 9.47 Å². The van der Waals surface area contributed by atoms with Gasteiger partial charge in [0.15, 0.2) is 11.5 Å². The second-order valence-electron chi connectivity index (χ2n) is 3.38. The van der Waals surface area contributed by atoms with Crippen LogP contribution in [0.4, 0.5) is 0 Å². The van der Waals surface area contributed by atoms with E-state index in [4.69, 9.17) is 9.47 Å². The molecule has 2 nitrogen and oxygen atoms in total. The summed E-state index contributed by atoms with van der Waals surface area (Å²) in [6.45, 7) is 7.65. The molecule has 0 aliphatic rings. The molecule has 0 N–H and O–H groups in total. The second-order valence-corrected chi connectivity index (χ2v) is 3.38. The summed E-state index contributed by atoms with van der Waals surface area (Å²) in [5, 5.41) is 0. The van der Waals surface area contributed by atoms with Crippen molar-refractivity contribution in [3.05, 3.63) is 23.8 Å². The number of hydrogen-bond donors (Lipinski definition) is 0. The van der Waals surface area contributed by atoms with Gasteiger partial charge < -0.3 is 9.47 Å². The van der Waals surface area contributed by atoms with Crippen molar-refractivity contribution in [2.75, 3.05) is 13.2 Å². The molecule has 1 aromatic rings. The Balaban J connectivity index is 2.90. The lowest BCUT2D eigenvalue weighted by Gasteiger charge is -2.14. The van der Waals surface area contributed by atoms with E-state index < -0.39 is 0 Å². The Hall–Kier alpha value is -1.18. The van der Waals surface area contributed by atoms with E-state index in [0.717, 1.165) is 30.9 Å². The number of benzene rings is 1. The topological polar surface area (TPSA) is 18.5 Å². The molecular formula is C13H20O2. The van der Waals surface area contributed by atoms with Gasteiger partial charge in [-0.2, -0.15) is 0 Å². The highest BCUT2D eigenvalue weighted by atomic mass is 16.5. The first-order valence-corrected chi connectivity index (χ1v) is 5.70. The van der Waals surface area contributed by atoms with E-state index in [1.165, 1.54) is 5.56 Å². The van der Waals surface area contributed by atoms with Gasteiger partial charge in [-0.25, -0.2) is 0 Å². The molecule has 0 spiro atoms. The minimum atomic E-state index is 0.680. The molecule has 84 valence electrons. The van der Waals surface area contributed by atoms with Crippen LogP contribution in [0.25, 0.3) is 0 Å². The molecule has 0 unspecified atom stereocenters. The fourth-order valence-electron chi connectivity index (χ4n) is 1.47. The van der Waals surface area contributed by atoms with Crippen LogP contribution in [0.15, 0.2) is 18.2 Å². The number of ether oxygens (including phenoxy) is 2. The lowest BCUT2D eigenvalue weighted by Crippen LogP contribution is -2.02. The van der Waals surface area contributed by atoms with Gasteiger partial charge in [0, 0.05) is 0 Å². The van der Waals surface area contributed by atoms with Gasteiger partial charge in [-0.1, -0.05) is 26.0 Å². The van der Waals surface area contributed by atoms with Gasteiger partial charge in [0.1, 0.15) is 0 Å². The summed E-state index contributed by atoms with van der Waals surface area (Å²) in [4.78, 5) is 0. The zero-order valence-corrected chi connectivity index (χ0v) is 9.88. The predicted octanol–water partition coefficient (Wildman–Crippen LogP) is 3.44. The molecule has 0 bridgehead atoms. The van der Waals surface area contributed by atoms with E-state index in [-0.39, 0.29) is 0 Å². The molecule has 0 atom stereocenters. The van der Waals surface area contributed by atoms with Gasteiger partial charge >= 0.3 is 0 Å². The Morgan fingerprint density at radius 1 is 1.07 bits per heavy atom. The number of hydrogen-bond acceptors (Lipinski definition) is 2. The molecule has 1 rings (SSSR count). The van der Waals surface area contributed by atoms with Gasteiger partial charge in [0.05, 0.1) is 13.2 Å². The molecule has 0 heterocycles. The Kier molecular flexibility index (Phi) is 5.02. The maximum absolute atomic E-state index is 5.66. The van der Waals surface area contributed by atoms with Gasteiger partial charge in [-0.05, 0) is 31.4 Å². The highest BCUT2D eigenvalue weighted by Crippen LogP contribution is 2.31. The Labute approximate surface area is 92.2 Å². The molecule has 0 aliphatic carbocycles. The van der Waals surface area contributed by atoms with Crippen molar-refractivity contribution in [3.8, 4) is 11.5 Å².